The molecule has 4 heteroatoms. The van der Waals surface area contributed by atoms with Crippen LogP contribution in [0.25, 0.3) is 6.08 Å². The molecule has 2 rings (SSSR count). The van der Waals surface area contributed by atoms with Crippen molar-refractivity contribution in [3.8, 4) is 17.2 Å². The Morgan fingerprint density at radius 2 is 1.52 bits per heavy atom. The quantitative estimate of drug-likeness (QED) is 0.754. The molecule has 0 heterocycles. The first kappa shape index (κ1) is 15.4. The number of carbonyl (C=O) groups excluding carboxylic acids is 1. The summed E-state index contributed by atoms with van der Waals surface area (Å²) in [5.41, 5.74) is 0.796. The van der Waals surface area contributed by atoms with Gasteiger partial charge in [-0.1, -0.05) is 6.08 Å². The summed E-state index contributed by atoms with van der Waals surface area (Å²) in [5, 5.41) is 0. The Kier molecular flexibility index (Phi) is 5.26. The van der Waals surface area contributed by atoms with Crippen LogP contribution in [0, 0.1) is 31.6 Å². The van der Waals surface area contributed by atoms with E-state index < -0.39 is 0 Å². The Morgan fingerprint density at radius 1 is 0.952 bits per heavy atom. The largest absolute Gasteiger partial charge is 0.493 e. The Hall–Kier alpha value is -1.97. The Labute approximate surface area is 125 Å². The number of benzene rings is 1. The zero-order valence-corrected chi connectivity index (χ0v) is 12.3. The summed E-state index contributed by atoms with van der Waals surface area (Å²) >= 11 is 0. The lowest BCUT2D eigenvalue weighted by Gasteiger charge is -2.12. The lowest BCUT2D eigenvalue weighted by Crippen LogP contribution is -2.05. The lowest BCUT2D eigenvalue weighted by molar-refractivity contribution is -0.112. The standard InChI is InChI=1S/C17H17O4/c1-19-15-10-12(11-16(20-2)17(15)21-3)8-9-14(18)13-6-4-5-7-13/h4-11H,1-3H3/b9-8+. The molecular weight excluding hydrogens is 268 g/mol. The molecule has 4 nitrogen and oxygen atoms in total. The Morgan fingerprint density at radius 3 is 2.00 bits per heavy atom. The fourth-order valence-electron chi connectivity index (χ4n) is 2.00. The fourth-order valence-corrected chi connectivity index (χ4v) is 2.00. The molecule has 0 atom stereocenters. The van der Waals surface area contributed by atoms with Crippen LogP contribution in [-0.2, 0) is 4.79 Å². The maximum Gasteiger partial charge on any atom is 0.203 e. The Bertz CT molecular complexity index is 503. The van der Waals surface area contributed by atoms with Crippen molar-refractivity contribution < 1.29 is 19.0 Å². The second kappa shape index (κ2) is 7.16. The van der Waals surface area contributed by atoms with Gasteiger partial charge in [0.05, 0.1) is 27.2 Å². The number of methoxy groups -OCH3 is 3. The molecule has 0 bridgehead atoms. The predicted molar refractivity (Wildman–Crippen MR) is 80.6 cm³/mol. The van der Waals surface area contributed by atoms with Gasteiger partial charge >= 0.3 is 0 Å². The molecule has 0 unspecified atom stereocenters. The van der Waals surface area contributed by atoms with Crippen molar-refractivity contribution in [2.45, 2.75) is 0 Å². The molecule has 0 aliphatic heterocycles. The average molecular weight is 285 g/mol. The number of ether oxygens (including phenoxy) is 3. The summed E-state index contributed by atoms with van der Waals surface area (Å²) in [5.74, 6) is 2.25. The normalized spacial score (nSPS) is 15.4. The van der Waals surface area contributed by atoms with Gasteiger partial charge in [-0.2, -0.15) is 0 Å². The minimum Gasteiger partial charge on any atom is -0.493 e. The molecule has 0 aromatic heterocycles. The van der Waals surface area contributed by atoms with E-state index in [0.717, 1.165) is 5.56 Å². The second-order valence-electron chi connectivity index (χ2n) is 4.33. The number of ketones is 1. The highest BCUT2D eigenvalue weighted by Gasteiger charge is 2.22. The van der Waals surface area contributed by atoms with Gasteiger partial charge in [0.1, 0.15) is 0 Å². The molecule has 1 aliphatic rings. The van der Waals surface area contributed by atoms with Crippen LogP contribution in [0.3, 0.4) is 0 Å². The summed E-state index contributed by atoms with van der Waals surface area (Å²) in [4.78, 5) is 11.9. The van der Waals surface area contributed by atoms with Crippen LogP contribution in [-0.4, -0.2) is 27.1 Å². The molecule has 0 saturated heterocycles. The molecule has 109 valence electrons. The Balaban J connectivity index is 2.21. The smallest absolute Gasteiger partial charge is 0.203 e. The van der Waals surface area contributed by atoms with Gasteiger partial charge in [0.25, 0.3) is 0 Å². The SMILES string of the molecule is COc1cc(/C=C/C(=O)[C]2[CH][CH][CH][CH]2)cc(OC)c1OC. The molecule has 0 spiro atoms. The van der Waals surface area contributed by atoms with E-state index in [-0.39, 0.29) is 5.78 Å². The van der Waals surface area contributed by atoms with Crippen LogP contribution in [0.4, 0.5) is 0 Å². The van der Waals surface area contributed by atoms with E-state index in [2.05, 4.69) is 0 Å². The van der Waals surface area contributed by atoms with Crippen LogP contribution in [0.2, 0.25) is 0 Å². The van der Waals surface area contributed by atoms with Gasteiger partial charge < -0.3 is 14.2 Å². The highest BCUT2D eigenvalue weighted by molar-refractivity contribution is 6.07. The van der Waals surface area contributed by atoms with Crippen molar-refractivity contribution in [2.24, 2.45) is 0 Å². The molecule has 0 amide bonds. The molecule has 1 fully saturated rings. The predicted octanol–water partition coefficient (Wildman–Crippen LogP) is 2.70. The minimum atomic E-state index is -0.0475. The van der Waals surface area contributed by atoms with Crippen molar-refractivity contribution in [3.63, 3.8) is 0 Å². The van der Waals surface area contributed by atoms with Crippen molar-refractivity contribution in [2.75, 3.05) is 21.3 Å². The number of rotatable bonds is 6. The third-order valence-electron chi connectivity index (χ3n) is 3.06. The van der Waals surface area contributed by atoms with Crippen LogP contribution < -0.4 is 14.2 Å². The number of hydrogen-bond acceptors (Lipinski definition) is 4. The summed E-state index contributed by atoms with van der Waals surface area (Å²) in [6.07, 6.45) is 10.5. The van der Waals surface area contributed by atoms with Gasteiger partial charge in [0.2, 0.25) is 5.75 Å². The van der Waals surface area contributed by atoms with E-state index >= 15 is 0 Å². The van der Waals surface area contributed by atoms with Crippen LogP contribution in [0.1, 0.15) is 5.56 Å². The van der Waals surface area contributed by atoms with Crippen molar-refractivity contribution in [1.29, 1.82) is 0 Å². The summed E-state index contributed by atoms with van der Waals surface area (Å²) in [6, 6.07) is 3.58. The van der Waals surface area contributed by atoms with Crippen molar-refractivity contribution in [1.82, 2.24) is 0 Å². The summed E-state index contributed by atoms with van der Waals surface area (Å²) < 4.78 is 15.8. The number of hydrogen-bond donors (Lipinski definition) is 0. The monoisotopic (exact) mass is 285 g/mol. The fraction of sp³-hybridized carbons (Fsp3) is 0.176. The molecule has 21 heavy (non-hydrogen) atoms. The van der Waals surface area contributed by atoms with Crippen molar-refractivity contribution in [3.05, 3.63) is 55.4 Å². The van der Waals surface area contributed by atoms with Gasteiger partial charge in [-0.15, -0.1) is 0 Å². The minimum absolute atomic E-state index is 0.0475. The molecule has 1 aromatic rings. The third-order valence-corrected chi connectivity index (χ3v) is 3.06. The van der Waals surface area contributed by atoms with Crippen molar-refractivity contribution >= 4 is 11.9 Å². The number of allylic oxidation sites excluding steroid dienone is 1. The molecule has 0 N–H and O–H groups in total. The first-order valence-corrected chi connectivity index (χ1v) is 6.43. The van der Waals surface area contributed by atoms with E-state index in [9.17, 15) is 4.79 Å². The maximum absolute atomic E-state index is 11.9. The maximum atomic E-state index is 11.9. The lowest BCUT2D eigenvalue weighted by atomic mass is 10.0. The van der Waals surface area contributed by atoms with Crippen LogP contribution in [0.15, 0.2) is 18.2 Å². The van der Waals surface area contributed by atoms with Crippen LogP contribution >= 0.6 is 0 Å². The van der Waals surface area contributed by atoms with Gasteiger partial charge in [0.15, 0.2) is 17.3 Å². The first-order valence-electron chi connectivity index (χ1n) is 6.43. The highest BCUT2D eigenvalue weighted by atomic mass is 16.5. The molecule has 1 aliphatic carbocycles. The van der Waals surface area contributed by atoms with E-state index in [0.29, 0.717) is 23.2 Å². The zero-order chi connectivity index (χ0) is 15.2. The zero-order valence-electron chi connectivity index (χ0n) is 12.3. The average Bonchev–Trinajstić information content (AvgIpc) is 3.05. The van der Waals surface area contributed by atoms with E-state index in [1.807, 2.05) is 12.8 Å². The van der Waals surface area contributed by atoms with E-state index in [1.54, 1.807) is 52.4 Å². The van der Waals surface area contributed by atoms with Gasteiger partial charge in [-0.25, -0.2) is 0 Å². The van der Waals surface area contributed by atoms with Gasteiger partial charge in [0, 0.05) is 0 Å². The summed E-state index contributed by atoms with van der Waals surface area (Å²) in [7, 11) is 4.66. The molecular formula is C17H17O4. The molecule has 1 aromatic carbocycles. The topological polar surface area (TPSA) is 44.8 Å². The molecule has 1 saturated carbocycles. The summed E-state index contributed by atoms with van der Waals surface area (Å²) in [6.45, 7) is 0. The van der Waals surface area contributed by atoms with Crippen LogP contribution in [0.5, 0.6) is 17.2 Å². The van der Waals surface area contributed by atoms with E-state index in [1.165, 1.54) is 6.08 Å². The highest BCUT2D eigenvalue weighted by Crippen LogP contribution is 2.38. The van der Waals surface area contributed by atoms with Gasteiger partial charge in [-0.3, -0.25) is 4.79 Å². The molecule has 5 radical (unpaired) electrons. The number of carbonyl (C=O) groups is 1. The van der Waals surface area contributed by atoms with Gasteiger partial charge in [-0.05, 0) is 49.5 Å². The third kappa shape index (κ3) is 3.57. The van der Waals surface area contributed by atoms with E-state index in [4.69, 9.17) is 14.2 Å². The first-order chi connectivity index (χ1) is 10.2. The second-order valence-corrected chi connectivity index (χ2v) is 4.33.